The van der Waals surface area contributed by atoms with Crippen molar-refractivity contribution in [3.63, 3.8) is 0 Å². The van der Waals surface area contributed by atoms with Gasteiger partial charge in [-0.2, -0.15) is 0 Å². The van der Waals surface area contributed by atoms with Gasteiger partial charge in [0.2, 0.25) is 5.91 Å². The topological polar surface area (TPSA) is 89.5 Å². The van der Waals surface area contributed by atoms with E-state index in [1.54, 1.807) is 39.2 Å². The van der Waals surface area contributed by atoms with E-state index >= 15 is 0 Å². The number of rotatable bonds is 9. The van der Waals surface area contributed by atoms with Gasteiger partial charge in [-0.05, 0) is 32.4 Å². The van der Waals surface area contributed by atoms with Gasteiger partial charge in [-0.25, -0.2) is 4.79 Å². The number of carbonyl (C=O) groups is 2. The predicted molar refractivity (Wildman–Crippen MR) is 96.0 cm³/mol. The zero-order valence-corrected chi connectivity index (χ0v) is 15.1. The van der Waals surface area contributed by atoms with Crippen molar-refractivity contribution in [2.75, 3.05) is 26.3 Å². The molecule has 138 valence electrons. The summed E-state index contributed by atoms with van der Waals surface area (Å²) in [7, 11) is 0. The van der Waals surface area contributed by atoms with Gasteiger partial charge in [0.15, 0.2) is 0 Å². The Kier molecular flexibility index (Phi) is 9.24. The summed E-state index contributed by atoms with van der Waals surface area (Å²) in [5.74, 6) is -0.0735. The van der Waals surface area contributed by atoms with Crippen molar-refractivity contribution in [1.82, 2.24) is 15.6 Å². The molecule has 0 fully saturated rings. The van der Waals surface area contributed by atoms with Crippen LogP contribution in [-0.4, -0.2) is 48.9 Å². The van der Waals surface area contributed by atoms with Crippen molar-refractivity contribution >= 4 is 18.1 Å². The maximum Gasteiger partial charge on any atom is 0.407 e. The second-order valence-electron chi connectivity index (χ2n) is 6.28. The predicted octanol–water partition coefficient (Wildman–Crippen LogP) is 2.14. The Balaban J connectivity index is 1.99. The zero-order chi connectivity index (χ0) is 18.5. The van der Waals surface area contributed by atoms with Gasteiger partial charge >= 0.3 is 6.09 Å². The minimum Gasteiger partial charge on any atom is -0.444 e. The number of nitrogens with one attached hydrogen (secondary N) is 2. The number of amides is 2. The first kappa shape index (κ1) is 20.6. The van der Waals surface area contributed by atoms with Crippen LogP contribution in [-0.2, 0) is 14.3 Å². The Hall–Kier alpha value is -2.41. The van der Waals surface area contributed by atoms with Gasteiger partial charge in [0, 0.05) is 31.9 Å². The molecule has 2 N–H and O–H groups in total. The number of carbonyl (C=O) groups excluding carboxylic acids is 2. The molecular formula is C18H27N3O4. The first-order chi connectivity index (χ1) is 11.9. The standard InChI is InChI=1S/C18H27N3O4/c1-18(2,3)25-17(23)21-11-13-24-12-10-20-16(22)8-4-6-15-7-5-9-19-14-15/h4-7,9,14H,8,10-13H2,1-3H3,(H,20,22)(H,21,23). The van der Waals surface area contributed by atoms with E-state index in [0.29, 0.717) is 32.7 Å². The lowest BCUT2D eigenvalue weighted by molar-refractivity contribution is -0.120. The second kappa shape index (κ2) is 11.2. The van der Waals surface area contributed by atoms with Crippen LogP contribution in [0, 0.1) is 0 Å². The van der Waals surface area contributed by atoms with Crippen LogP contribution in [0.5, 0.6) is 0 Å². The van der Waals surface area contributed by atoms with E-state index in [0.717, 1.165) is 5.56 Å². The van der Waals surface area contributed by atoms with Crippen molar-refractivity contribution < 1.29 is 19.1 Å². The van der Waals surface area contributed by atoms with Crippen LogP contribution in [0.3, 0.4) is 0 Å². The van der Waals surface area contributed by atoms with Crippen molar-refractivity contribution in [1.29, 1.82) is 0 Å². The van der Waals surface area contributed by atoms with Crippen LogP contribution in [0.4, 0.5) is 4.79 Å². The van der Waals surface area contributed by atoms with Gasteiger partial charge < -0.3 is 20.1 Å². The molecule has 0 aromatic carbocycles. The number of hydrogen-bond acceptors (Lipinski definition) is 5. The third kappa shape index (κ3) is 11.7. The minimum absolute atomic E-state index is 0.0735. The smallest absolute Gasteiger partial charge is 0.407 e. The molecule has 0 unspecified atom stereocenters. The van der Waals surface area contributed by atoms with E-state index in [-0.39, 0.29) is 5.91 Å². The molecule has 0 aliphatic carbocycles. The molecule has 0 bridgehead atoms. The molecule has 0 aliphatic heterocycles. The summed E-state index contributed by atoms with van der Waals surface area (Å²) in [6.07, 6.45) is 6.91. The SMILES string of the molecule is CC(C)(C)OC(=O)NCCOCCNC(=O)CC=Cc1cccnc1. The number of hydrogen-bond donors (Lipinski definition) is 2. The molecule has 0 spiro atoms. The minimum atomic E-state index is -0.513. The highest BCUT2D eigenvalue weighted by molar-refractivity contribution is 5.78. The Bertz CT molecular complexity index is 553. The average molecular weight is 349 g/mol. The first-order valence-electron chi connectivity index (χ1n) is 8.25. The summed E-state index contributed by atoms with van der Waals surface area (Å²) in [5, 5.41) is 5.35. The summed E-state index contributed by atoms with van der Waals surface area (Å²) in [4.78, 5) is 27.0. The molecule has 1 rings (SSSR count). The molecule has 0 saturated carbocycles. The molecule has 0 saturated heterocycles. The summed E-state index contributed by atoms with van der Waals surface area (Å²) < 4.78 is 10.4. The Labute approximate surface area is 148 Å². The molecular weight excluding hydrogens is 322 g/mol. The van der Waals surface area contributed by atoms with E-state index in [9.17, 15) is 9.59 Å². The van der Waals surface area contributed by atoms with E-state index in [1.807, 2.05) is 18.2 Å². The van der Waals surface area contributed by atoms with Gasteiger partial charge in [0.25, 0.3) is 0 Å². The molecule has 7 heteroatoms. The molecule has 0 atom stereocenters. The number of aromatic nitrogens is 1. The molecule has 1 heterocycles. The molecule has 7 nitrogen and oxygen atoms in total. The average Bonchev–Trinajstić information content (AvgIpc) is 2.53. The van der Waals surface area contributed by atoms with Crippen LogP contribution >= 0.6 is 0 Å². The lowest BCUT2D eigenvalue weighted by atomic mass is 10.2. The van der Waals surface area contributed by atoms with E-state index in [4.69, 9.17) is 9.47 Å². The summed E-state index contributed by atoms with van der Waals surface area (Å²) in [6.45, 7) is 6.93. The van der Waals surface area contributed by atoms with Gasteiger partial charge in [-0.15, -0.1) is 0 Å². The summed E-state index contributed by atoms with van der Waals surface area (Å²) in [5.41, 5.74) is 0.442. The molecule has 25 heavy (non-hydrogen) atoms. The number of pyridine rings is 1. The molecule has 1 aromatic heterocycles. The quantitative estimate of drug-likeness (QED) is 0.667. The molecule has 1 aromatic rings. The highest BCUT2D eigenvalue weighted by Crippen LogP contribution is 2.06. The van der Waals surface area contributed by atoms with Gasteiger partial charge in [0.1, 0.15) is 5.60 Å². The Morgan fingerprint density at radius 2 is 1.92 bits per heavy atom. The van der Waals surface area contributed by atoms with E-state index in [1.165, 1.54) is 0 Å². The highest BCUT2D eigenvalue weighted by Gasteiger charge is 2.15. The van der Waals surface area contributed by atoms with Crippen LogP contribution in [0.15, 0.2) is 30.6 Å². The van der Waals surface area contributed by atoms with Gasteiger partial charge in [-0.1, -0.05) is 18.2 Å². The molecule has 0 radical (unpaired) electrons. The second-order valence-corrected chi connectivity index (χ2v) is 6.28. The fourth-order valence-corrected chi connectivity index (χ4v) is 1.75. The Morgan fingerprint density at radius 3 is 2.56 bits per heavy atom. The maximum absolute atomic E-state index is 11.6. The van der Waals surface area contributed by atoms with Crippen LogP contribution in [0.2, 0.25) is 0 Å². The van der Waals surface area contributed by atoms with Gasteiger partial charge in [0.05, 0.1) is 13.2 Å². The van der Waals surface area contributed by atoms with Crippen LogP contribution < -0.4 is 10.6 Å². The van der Waals surface area contributed by atoms with Crippen molar-refractivity contribution in [2.24, 2.45) is 0 Å². The largest absolute Gasteiger partial charge is 0.444 e. The maximum atomic E-state index is 11.6. The highest BCUT2D eigenvalue weighted by atomic mass is 16.6. The lowest BCUT2D eigenvalue weighted by Gasteiger charge is -2.19. The van der Waals surface area contributed by atoms with E-state index in [2.05, 4.69) is 15.6 Å². The third-order valence-electron chi connectivity index (χ3n) is 2.78. The first-order valence-corrected chi connectivity index (χ1v) is 8.25. The molecule has 0 aliphatic rings. The van der Waals surface area contributed by atoms with Crippen molar-refractivity contribution in [2.45, 2.75) is 32.8 Å². The number of nitrogens with zero attached hydrogens (tertiary/aromatic N) is 1. The van der Waals surface area contributed by atoms with Gasteiger partial charge in [-0.3, -0.25) is 9.78 Å². The monoisotopic (exact) mass is 349 g/mol. The fourth-order valence-electron chi connectivity index (χ4n) is 1.75. The number of ether oxygens (including phenoxy) is 2. The van der Waals surface area contributed by atoms with Crippen LogP contribution in [0.25, 0.3) is 6.08 Å². The summed E-state index contributed by atoms with van der Waals surface area (Å²) in [6, 6.07) is 3.76. The van der Waals surface area contributed by atoms with Crippen molar-refractivity contribution in [3.8, 4) is 0 Å². The summed E-state index contributed by atoms with van der Waals surface area (Å²) >= 11 is 0. The molecule has 2 amide bonds. The van der Waals surface area contributed by atoms with Crippen molar-refractivity contribution in [3.05, 3.63) is 36.2 Å². The normalized spacial score (nSPS) is 11.3. The van der Waals surface area contributed by atoms with E-state index < -0.39 is 11.7 Å². The van der Waals surface area contributed by atoms with Crippen LogP contribution in [0.1, 0.15) is 32.8 Å². The number of alkyl carbamates (subject to hydrolysis) is 1. The zero-order valence-electron chi connectivity index (χ0n) is 15.1. The Morgan fingerprint density at radius 1 is 1.20 bits per heavy atom. The lowest BCUT2D eigenvalue weighted by Crippen LogP contribution is -2.34. The third-order valence-corrected chi connectivity index (χ3v) is 2.78. The fraction of sp³-hybridized carbons (Fsp3) is 0.500.